The van der Waals surface area contributed by atoms with Gasteiger partial charge in [-0.15, -0.1) is 0 Å². The summed E-state index contributed by atoms with van der Waals surface area (Å²) in [6.07, 6.45) is 0.914. The Hall–Kier alpha value is -1.37. The predicted molar refractivity (Wildman–Crippen MR) is 59.7 cm³/mol. The van der Waals surface area contributed by atoms with Crippen molar-refractivity contribution >= 4 is 0 Å². The highest BCUT2D eigenvalue weighted by Crippen LogP contribution is 2.19. The molecule has 3 nitrogen and oxygen atoms in total. The van der Waals surface area contributed by atoms with E-state index in [0.717, 1.165) is 6.42 Å². The molecule has 0 spiro atoms. The quantitative estimate of drug-likeness (QED) is 0.779. The fourth-order valence-corrected chi connectivity index (χ4v) is 1.84. The molecule has 0 bridgehead atoms. The maximum absolute atomic E-state index is 8.56. The van der Waals surface area contributed by atoms with Crippen LogP contribution in [0.25, 0.3) is 0 Å². The van der Waals surface area contributed by atoms with Crippen LogP contribution in [0.3, 0.4) is 0 Å². The zero-order chi connectivity index (χ0) is 11.4. The molecule has 1 heterocycles. The molecule has 2 rings (SSSR count). The van der Waals surface area contributed by atoms with E-state index >= 15 is 0 Å². The molecule has 1 saturated heterocycles. The number of nitrogens with zero attached hydrogens (tertiary/aromatic N) is 1. The first-order valence-corrected chi connectivity index (χ1v) is 5.48. The highest BCUT2D eigenvalue weighted by atomic mass is 16.7. The lowest BCUT2D eigenvalue weighted by Crippen LogP contribution is -2.14. The first kappa shape index (κ1) is 11.1. The molecule has 1 aliphatic heterocycles. The molecular formula is C13H15NO2. The minimum atomic E-state index is -0.195. The SMILES string of the molecule is Cc1ccccc1CC1OCC(CC#N)O1. The number of ether oxygens (including phenoxy) is 2. The van der Waals surface area contributed by atoms with Gasteiger partial charge in [0.15, 0.2) is 6.29 Å². The first-order valence-electron chi connectivity index (χ1n) is 5.48. The third-order valence-electron chi connectivity index (χ3n) is 2.78. The second-order valence-corrected chi connectivity index (χ2v) is 4.01. The molecule has 16 heavy (non-hydrogen) atoms. The van der Waals surface area contributed by atoms with E-state index in [1.54, 1.807) is 0 Å². The van der Waals surface area contributed by atoms with E-state index in [9.17, 15) is 0 Å². The standard InChI is InChI=1S/C13H15NO2/c1-10-4-2-3-5-11(10)8-13-15-9-12(16-13)6-7-14/h2-5,12-13H,6,8-9H2,1H3. The topological polar surface area (TPSA) is 42.2 Å². The van der Waals surface area contributed by atoms with E-state index < -0.39 is 0 Å². The van der Waals surface area contributed by atoms with E-state index in [4.69, 9.17) is 14.7 Å². The van der Waals surface area contributed by atoms with Crippen molar-refractivity contribution in [3.63, 3.8) is 0 Å². The smallest absolute Gasteiger partial charge is 0.162 e. The number of benzene rings is 1. The van der Waals surface area contributed by atoms with Crippen LogP contribution >= 0.6 is 0 Å². The molecule has 1 aliphatic rings. The molecule has 0 N–H and O–H groups in total. The van der Waals surface area contributed by atoms with Gasteiger partial charge in [-0.05, 0) is 18.1 Å². The van der Waals surface area contributed by atoms with Crippen LogP contribution in [0.4, 0.5) is 0 Å². The zero-order valence-electron chi connectivity index (χ0n) is 9.35. The van der Waals surface area contributed by atoms with Gasteiger partial charge < -0.3 is 9.47 Å². The van der Waals surface area contributed by atoms with E-state index in [2.05, 4.69) is 25.1 Å². The maximum atomic E-state index is 8.56. The summed E-state index contributed by atoms with van der Waals surface area (Å²) in [6, 6.07) is 10.3. The second kappa shape index (κ2) is 5.11. The number of aryl methyl sites for hydroxylation is 1. The number of hydrogen-bond acceptors (Lipinski definition) is 3. The van der Waals surface area contributed by atoms with Crippen LogP contribution < -0.4 is 0 Å². The van der Waals surface area contributed by atoms with Gasteiger partial charge in [0.2, 0.25) is 0 Å². The van der Waals surface area contributed by atoms with Crippen molar-refractivity contribution in [1.29, 1.82) is 5.26 Å². The Kier molecular flexibility index (Phi) is 3.55. The fraction of sp³-hybridized carbons (Fsp3) is 0.462. The molecule has 2 unspecified atom stereocenters. The summed E-state index contributed by atoms with van der Waals surface area (Å²) in [7, 11) is 0. The minimum Gasteiger partial charge on any atom is -0.350 e. The van der Waals surface area contributed by atoms with E-state index in [1.165, 1.54) is 11.1 Å². The van der Waals surface area contributed by atoms with Crippen LogP contribution in [-0.2, 0) is 15.9 Å². The summed E-state index contributed by atoms with van der Waals surface area (Å²) >= 11 is 0. The van der Waals surface area contributed by atoms with Gasteiger partial charge in [0.1, 0.15) is 0 Å². The van der Waals surface area contributed by atoms with Gasteiger partial charge in [0.05, 0.1) is 25.2 Å². The Morgan fingerprint density at radius 3 is 3.00 bits per heavy atom. The maximum Gasteiger partial charge on any atom is 0.162 e. The Morgan fingerprint density at radius 2 is 2.25 bits per heavy atom. The van der Waals surface area contributed by atoms with Crippen LogP contribution in [0.1, 0.15) is 17.5 Å². The Morgan fingerprint density at radius 1 is 1.44 bits per heavy atom. The molecule has 0 aliphatic carbocycles. The van der Waals surface area contributed by atoms with Gasteiger partial charge in [-0.25, -0.2) is 0 Å². The number of rotatable bonds is 3. The molecule has 0 radical (unpaired) electrons. The van der Waals surface area contributed by atoms with Crippen LogP contribution in [0, 0.1) is 18.3 Å². The molecule has 0 aromatic heterocycles. The van der Waals surface area contributed by atoms with E-state index in [-0.39, 0.29) is 12.4 Å². The average molecular weight is 217 g/mol. The lowest BCUT2D eigenvalue weighted by atomic mass is 10.1. The number of nitriles is 1. The second-order valence-electron chi connectivity index (χ2n) is 4.01. The van der Waals surface area contributed by atoms with Crippen LogP contribution in [0.5, 0.6) is 0 Å². The van der Waals surface area contributed by atoms with Crippen molar-refractivity contribution in [3.05, 3.63) is 35.4 Å². The monoisotopic (exact) mass is 217 g/mol. The van der Waals surface area contributed by atoms with Gasteiger partial charge in [-0.1, -0.05) is 24.3 Å². The third-order valence-corrected chi connectivity index (χ3v) is 2.78. The lowest BCUT2D eigenvalue weighted by molar-refractivity contribution is -0.0549. The summed E-state index contributed by atoms with van der Waals surface area (Å²) in [4.78, 5) is 0. The first-order chi connectivity index (χ1) is 7.79. The fourth-order valence-electron chi connectivity index (χ4n) is 1.84. The highest BCUT2D eigenvalue weighted by molar-refractivity contribution is 5.25. The van der Waals surface area contributed by atoms with Crippen molar-refractivity contribution in [2.24, 2.45) is 0 Å². The van der Waals surface area contributed by atoms with Gasteiger partial charge in [-0.3, -0.25) is 0 Å². The Bertz CT molecular complexity index is 397. The summed E-state index contributed by atoms with van der Waals surface area (Å²) < 4.78 is 11.1. The zero-order valence-corrected chi connectivity index (χ0v) is 9.35. The molecule has 2 atom stereocenters. The third kappa shape index (κ3) is 2.60. The molecule has 1 aromatic rings. The van der Waals surface area contributed by atoms with Crippen molar-refractivity contribution in [2.45, 2.75) is 32.2 Å². The van der Waals surface area contributed by atoms with Crippen molar-refractivity contribution in [2.75, 3.05) is 6.61 Å². The predicted octanol–water partition coefficient (Wildman–Crippen LogP) is 2.19. The Labute approximate surface area is 95.6 Å². The molecule has 1 fully saturated rings. The van der Waals surface area contributed by atoms with E-state index in [0.29, 0.717) is 13.0 Å². The van der Waals surface area contributed by atoms with Crippen molar-refractivity contribution in [3.8, 4) is 6.07 Å². The normalized spacial score (nSPS) is 24.2. The van der Waals surface area contributed by atoms with E-state index in [1.807, 2.05) is 12.1 Å². The molecule has 3 heteroatoms. The van der Waals surface area contributed by atoms with Crippen molar-refractivity contribution in [1.82, 2.24) is 0 Å². The molecule has 0 saturated carbocycles. The highest BCUT2D eigenvalue weighted by Gasteiger charge is 2.25. The summed E-state index contributed by atoms with van der Waals surface area (Å²) in [5.41, 5.74) is 2.49. The van der Waals surface area contributed by atoms with Gasteiger partial charge >= 0.3 is 0 Å². The largest absolute Gasteiger partial charge is 0.350 e. The lowest BCUT2D eigenvalue weighted by Gasteiger charge is -2.11. The average Bonchev–Trinajstić information content (AvgIpc) is 2.70. The minimum absolute atomic E-state index is 0.0565. The van der Waals surface area contributed by atoms with Gasteiger partial charge in [-0.2, -0.15) is 5.26 Å². The number of hydrogen-bond donors (Lipinski definition) is 0. The van der Waals surface area contributed by atoms with Crippen LogP contribution in [-0.4, -0.2) is 19.0 Å². The summed E-state index contributed by atoms with van der Waals surface area (Å²) in [6.45, 7) is 2.61. The molecule has 0 amide bonds. The summed E-state index contributed by atoms with van der Waals surface area (Å²) in [5, 5.41) is 8.56. The van der Waals surface area contributed by atoms with Crippen LogP contribution in [0.15, 0.2) is 24.3 Å². The van der Waals surface area contributed by atoms with Gasteiger partial charge in [0, 0.05) is 6.42 Å². The Balaban J connectivity index is 1.93. The van der Waals surface area contributed by atoms with Crippen molar-refractivity contribution < 1.29 is 9.47 Å². The summed E-state index contributed by atoms with van der Waals surface area (Å²) in [5.74, 6) is 0. The molecular weight excluding hydrogens is 202 g/mol. The molecule has 1 aromatic carbocycles. The van der Waals surface area contributed by atoms with Gasteiger partial charge in [0.25, 0.3) is 0 Å². The van der Waals surface area contributed by atoms with Crippen LogP contribution in [0.2, 0.25) is 0 Å². The molecule has 84 valence electrons.